The zero-order chi connectivity index (χ0) is 25.2. The quantitative estimate of drug-likeness (QED) is 0.374. The van der Waals surface area contributed by atoms with Gasteiger partial charge in [0.15, 0.2) is 0 Å². The fraction of sp³-hybridized carbons (Fsp3) is 0.160. The Labute approximate surface area is 201 Å². The molecule has 0 aliphatic carbocycles. The van der Waals surface area contributed by atoms with Gasteiger partial charge in [0, 0.05) is 24.2 Å². The second kappa shape index (κ2) is 12.0. The molecule has 3 aromatic carbocycles. The normalized spacial score (nSPS) is 10.1. The highest BCUT2D eigenvalue weighted by Crippen LogP contribution is 2.36. The van der Waals surface area contributed by atoms with Gasteiger partial charge in [0.2, 0.25) is 5.91 Å². The molecular formula is C25H25FN4O5. The highest BCUT2D eigenvalue weighted by Gasteiger charge is 2.16. The fourth-order valence-electron chi connectivity index (χ4n) is 3.08. The second-order valence-electron chi connectivity index (χ2n) is 7.28. The van der Waals surface area contributed by atoms with E-state index in [4.69, 9.17) is 9.47 Å². The fourth-order valence-corrected chi connectivity index (χ4v) is 3.08. The summed E-state index contributed by atoms with van der Waals surface area (Å²) >= 11 is 0. The summed E-state index contributed by atoms with van der Waals surface area (Å²) in [4.78, 5) is 36.9. The Kier molecular flexibility index (Phi) is 8.60. The van der Waals surface area contributed by atoms with Gasteiger partial charge in [-0.05, 0) is 29.8 Å². The van der Waals surface area contributed by atoms with E-state index in [2.05, 4.69) is 21.3 Å². The number of nitrogens with one attached hydrogen (secondary N) is 4. The van der Waals surface area contributed by atoms with Crippen LogP contribution < -0.4 is 30.7 Å². The van der Waals surface area contributed by atoms with E-state index < -0.39 is 11.9 Å². The van der Waals surface area contributed by atoms with Crippen LogP contribution in [0, 0.1) is 5.82 Å². The third kappa shape index (κ3) is 7.19. The summed E-state index contributed by atoms with van der Waals surface area (Å²) in [6, 6.07) is 16.8. The number of ether oxygens (including phenoxy) is 2. The van der Waals surface area contributed by atoms with Crippen molar-refractivity contribution < 1.29 is 28.2 Å². The summed E-state index contributed by atoms with van der Waals surface area (Å²) in [5, 5.41) is 10.4. The number of benzene rings is 3. The molecule has 35 heavy (non-hydrogen) atoms. The van der Waals surface area contributed by atoms with Gasteiger partial charge in [0.1, 0.15) is 17.3 Å². The minimum absolute atomic E-state index is 0.176. The van der Waals surface area contributed by atoms with Gasteiger partial charge in [-0.2, -0.15) is 0 Å². The largest absolute Gasteiger partial charge is 0.494 e. The Morgan fingerprint density at radius 2 is 1.40 bits per heavy atom. The maximum absolute atomic E-state index is 12.9. The average molecular weight is 480 g/mol. The van der Waals surface area contributed by atoms with Gasteiger partial charge in [-0.1, -0.05) is 30.3 Å². The Morgan fingerprint density at radius 1 is 0.800 bits per heavy atom. The van der Waals surface area contributed by atoms with Gasteiger partial charge < -0.3 is 30.7 Å². The molecule has 3 rings (SSSR count). The maximum atomic E-state index is 12.9. The van der Waals surface area contributed by atoms with E-state index in [0.717, 1.165) is 0 Å². The lowest BCUT2D eigenvalue weighted by atomic mass is 10.2. The number of halogens is 1. The third-order valence-electron chi connectivity index (χ3n) is 4.86. The number of anilines is 2. The zero-order valence-corrected chi connectivity index (χ0v) is 19.2. The van der Waals surface area contributed by atoms with Gasteiger partial charge >= 0.3 is 6.03 Å². The van der Waals surface area contributed by atoms with Crippen LogP contribution in [0.3, 0.4) is 0 Å². The van der Waals surface area contributed by atoms with Crippen molar-refractivity contribution in [1.82, 2.24) is 10.6 Å². The summed E-state index contributed by atoms with van der Waals surface area (Å²) < 4.78 is 23.7. The molecule has 0 atom stereocenters. The van der Waals surface area contributed by atoms with E-state index in [1.807, 2.05) is 6.07 Å². The number of amides is 4. The van der Waals surface area contributed by atoms with Crippen LogP contribution in [-0.2, 0) is 11.3 Å². The lowest BCUT2D eigenvalue weighted by molar-refractivity contribution is -0.115. The van der Waals surface area contributed by atoms with E-state index in [1.54, 1.807) is 36.4 Å². The monoisotopic (exact) mass is 480 g/mol. The third-order valence-corrected chi connectivity index (χ3v) is 4.86. The standard InChI is InChI=1S/C25H25FN4O5/c1-34-21-13-20(30-24(32)17-6-4-3-5-7-17)22(35-2)12-19(21)29-23(31)15-28-25(33)27-14-16-8-10-18(26)11-9-16/h3-13H,14-15H2,1-2H3,(H,29,31)(H,30,32)(H2,27,28,33). The topological polar surface area (TPSA) is 118 Å². The molecule has 0 spiro atoms. The Morgan fingerprint density at radius 3 is 2.00 bits per heavy atom. The van der Waals surface area contributed by atoms with Crippen molar-refractivity contribution in [3.8, 4) is 11.5 Å². The van der Waals surface area contributed by atoms with Gasteiger partial charge in [-0.15, -0.1) is 0 Å². The van der Waals surface area contributed by atoms with Crippen molar-refractivity contribution in [2.75, 3.05) is 31.4 Å². The van der Waals surface area contributed by atoms with Crippen LogP contribution in [0.2, 0.25) is 0 Å². The molecule has 0 fully saturated rings. The molecule has 0 unspecified atom stereocenters. The molecule has 0 saturated carbocycles. The summed E-state index contributed by atoms with van der Waals surface area (Å²) in [7, 11) is 2.85. The molecule has 10 heteroatoms. The van der Waals surface area contributed by atoms with Crippen molar-refractivity contribution in [2.24, 2.45) is 0 Å². The van der Waals surface area contributed by atoms with E-state index in [-0.39, 0.29) is 30.6 Å². The van der Waals surface area contributed by atoms with E-state index in [9.17, 15) is 18.8 Å². The first-order chi connectivity index (χ1) is 16.9. The zero-order valence-electron chi connectivity index (χ0n) is 19.2. The molecule has 4 N–H and O–H groups in total. The number of carbonyl (C=O) groups is 3. The van der Waals surface area contributed by atoms with Crippen molar-refractivity contribution in [2.45, 2.75) is 6.54 Å². The second-order valence-corrected chi connectivity index (χ2v) is 7.28. The first-order valence-corrected chi connectivity index (χ1v) is 10.6. The minimum atomic E-state index is -0.562. The molecule has 0 heterocycles. The SMILES string of the molecule is COc1cc(NC(=O)c2ccccc2)c(OC)cc1NC(=O)CNC(=O)NCc1ccc(F)cc1. The first kappa shape index (κ1) is 25.0. The molecule has 0 radical (unpaired) electrons. The molecule has 4 amide bonds. The molecule has 0 saturated heterocycles. The lowest BCUT2D eigenvalue weighted by Gasteiger charge is -2.16. The highest BCUT2D eigenvalue weighted by molar-refractivity contribution is 6.05. The van der Waals surface area contributed by atoms with Crippen molar-refractivity contribution in [3.63, 3.8) is 0 Å². The van der Waals surface area contributed by atoms with Gasteiger partial charge in [0.25, 0.3) is 5.91 Å². The number of hydrogen-bond donors (Lipinski definition) is 4. The van der Waals surface area contributed by atoms with Crippen LogP contribution in [0.5, 0.6) is 11.5 Å². The molecule has 0 aliphatic heterocycles. The Hall–Kier alpha value is -4.60. The van der Waals surface area contributed by atoms with Crippen LogP contribution in [0.15, 0.2) is 66.7 Å². The minimum Gasteiger partial charge on any atom is -0.494 e. The first-order valence-electron chi connectivity index (χ1n) is 10.6. The summed E-state index contributed by atoms with van der Waals surface area (Å²) in [6.45, 7) is -0.137. The van der Waals surface area contributed by atoms with Crippen molar-refractivity contribution in [3.05, 3.63) is 83.7 Å². The Bertz CT molecular complexity index is 1190. The number of carbonyl (C=O) groups excluding carboxylic acids is 3. The van der Waals surface area contributed by atoms with E-state index in [0.29, 0.717) is 28.3 Å². The van der Waals surface area contributed by atoms with Crippen molar-refractivity contribution >= 4 is 29.2 Å². The van der Waals surface area contributed by atoms with Crippen LogP contribution in [-0.4, -0.2) is 38.6 Å². The maximum Gasteiger partial charge on any atom is 0.315 e. The summed E-state index contributed by atoms with van der Waals surface area (Å²) in [5.41, 5.74) is 1.83. The van der Waals surface area contributed by atoms with Crippen LogP contribution in [0.4, 0.5) is 20.6 Å². The molecule has 9 nitrogen and oxygen atoms in total. The molecule has 0 bridgehead atoms. The van der Waals surface area contributed by atoms with Crippen LogP contribution >= 0.6 is 0 Å². The average Bonchev–Trinajstić information content (AvgIpc) is 2.88. The number of rotatable bonds is 9. The molecule has 182 valence electrons. The molecule has 3 aromatic rings. The highest BCUT2D eigenvalue weighted by atomic mass is 19.1. The summed E-state index contributed by atoms with van der Waals surface area (Å²) in [6.07, 6.45) is 0. The number of methoxy groups -OCH3 is 2. The van der Waals surface area contributed by atoms with Gasteiger partial charge in [-0.3, -0.25) is 9.59 Å². The van der Waals surface area contributed by atoms with E-state index >= 15 is 0 Å². The Balaban J connectivity index is 1.59. The number of hydrogen-bond acceptors (Lipinski definition) is 5. The van der Waals surface area contributed by atoms with E-state index in [1.165, 1.54) is 38.5 Å². The predicted molar refractivity (Wildman–Crippen MR) is 129 cm³/mol. The lowest BCUT2D eigenvalue weighted by Crippen LogP contribution is -2.39. The molecule has 0 aromatic heterocycles. The molecular weight excluding hydrogens is 455 g/mol. The summed E-state index contributed by atoms with van der Waals surface area (Å²) in [5.74, 6) is -0.630. The van der Waals surface area contributed by atoms with Crippen LogP contribution in [0.25, 0.3) is 0 Å². The smallest absolute Gasteiger partial charge is 0.315 e. The molecule has 0 aliphatic rings. The van der Waals surface area contributed by atoms with Crippen LogP contribution in [0.1, 0.15) is 15.9 Å². The predicted octanol–water partition coefficient (Wildman–Crippen LogP) is 3.53. The number of urea groups is 1. The van der Waals surface area contributed by atoms with Gasteiger partial charge in [0.05, 0.1) is 32.1 Å². The van der Waals surface area contributed by atoms with Crippen molar-refractivity contribution in [1.29, 1.82) is 0 Å². The van der Waals surface area contributed by atoms with Gasteiger partial charge in [-0.25, -0.2) is 9.18 Å².